The lowest BCUT2D eigenvalue weighted by molar-refractivity contribution is -0.138. The van der Waals surface area contributed by atoms with E-state index in [2.05, 4.69) is 10.6 Å². The van der Waals surface area contributed by atoms with E-state index in [1.807, 2.05) is 0 Å². The fourth-order valence-corrected chi connectivity index (χ4v) is 6.01. The van der Waals surface area contributed by atoms with Crippen LogP contribution >= 0.6 is 11.3 Å². The predicted molar refractivity (Wildman–Crippen MR) is 144 cm³/mol. The second kappa shape index (κ2) is 10.4. The molecular weight excluding hydrogens is 543 g/mol. The molecule has 3 amide bonds. The SMILES string of the molecule is C[C@@H](NC(=O)[C@@H]1C[C@@H](F)CN1C(=O)CNC(=O)c1ccc2c(c1)-c1ccccc1C2(F)F)c1cc(C(=N)N)cs1. The molecule has 0 unspecified atom stereocenters. The number of thiophene rings is 1. The van der Waals surface area contributed by atoms with Crippen LogP contribution in [-0.2, 0) is 15.5 Å². The summed E-state index contributed by atoms with van der Waals surface area (Å²) in [5.74, 6) is -5.12. The van der Waals surface area contributed by atoms with Crippen LogP contribution in [0.4, 0.5) is 13.2 Å². The van der Waals surface area contributed by atoms with Gasteiger partial charge in [0.2, 0.25) is 11.8 Å². The van der Waals surface area contributed by atoms with Gasteiger partial charge in [0.25, 0.3) is 11.8 Å². The third-order valence-corrected chi connectivity index (χ3v) is 8.28. The molecule has 3 atom stereocenters. The predicted octanol–water partition coefficient (Wildman–Crippen LogP) is 3.70. The van der Waals surface area contributed by atoms with Crippen molar-refractivity contribution >= 4 is 34.9 Å². The van der Waals surface area contributed by atoms with Gasteiger partial charge in [-0.3, -0.25) is 19.8 Å². The van der Waals surface area contributed by atoms with Crippen molar-refractivity contribution in [1.29, 1.82) is 5.41 Å². The first-order valence-electron chi connectivity index (χ1n) is 12.5. The molecule has 3 aromatic rings. The molecule has 208 valence electrons. The summed E-state index contributed by atoms with van der Waals surface area (Å²) in [6.07, 6.45) is -1.59. The number of benzene rings is 2. The van der Waals surface area contributed by atoms with Gasteiger partial charge < -0.3 is 21.3 Å². The molecule has 1 fully saturated rings. The summed E-state index contributed by atoms with van der Waals surface area (Å²) in [5.41, 5.74) is 6.35. The van der Waals surface area contributed by atoms with Crippen LogP contribution in [0, 0.1) is 5.41 Å². The van der Waals surface area contributed by atoms with Gasteiger partial charge in [-0.25, -0.2) is 4.39 Å². The van der Waals surface area contributed by atoms with E-state index in [-0.39, 0.29) is 41.1 Å². The molecule has 1 aromatic heterocycles. The zero-order chi connectivity index (χ0) is 28.8. The standard InChI is InChI=1S/C28H26F3N5O3S/c1-14(23-9-16(13-40-23)25(32)33)35-27(39)22-10-17(29)12-36(22)24(37)11-34-26(38)15-6-7-21-19(8-15)18-4-2-3-5-20(18)28(21,30)31/h2-9,13-14,17,22H,10-12H2,1H3,(H3,32,33)(H,34,38)(H,35,39)/t14-,17-,22+/m1/s1. The Hall–Kier alpha value is -4.19. The smallest absolute Gasteiger partial charge is 0.299 e. The van der Waals surface area contributed by atoms with Gasteiger partial charge in [-0.2, -0.15) is 8.78 Å². The number of nitrogens with zero attached hydrogens (tertiary/aromatic N) is 1. The first-order valence-corrected chi connectivity index (χ1v) is 13.4. The first kappa shape index (κ1) is 27.4. The highest BCUT2D eigenvalue weighted by atomic mass is 32.1. The number of amidine groups is 1. The van der Waals surface area contributed by atoms with Crippen molar-refractivity contribution in [3.63, 3.8) is 0 Å². The largest absolute Gasteiger partial charge is 0.384 e. The molecule has 0 spiro atoms. The number of alkyl halides is 3. The topological polar surface area (TPSA) is 128 Å². The molecule has 40 heavy (non-hydrogen) atoms. The fourth-order valence-electron chi connectivity index (χ4n) is 5.09. The number of hydrogen-bond acceptors (Lipinski definition) is 5. The van der Waals surface area contributed by atoms with E-state index in [0.29, 0.717) is 11.1 Å². The van der Waals surface area contributed by atoms with Gasteiger partial charge in [0.1, 0.15) is 18.0 Å². The molecule has 1 aliphatic heterocycles. The van der Waals surface area contributed by atoms with Crippen LogP contribution < -0.4 is 16.4 Å². The van der Waals surface area contributed by atoms with E-state index in [0.717, 1.165) is 9.78 Å². The van der Waals surface area contributed by atoms with Crippen molar-refractivity contribution in [2.45, 2.75) is 37.5 Å². The minimum Gasteiger partial charge on any atom is -0.384 e. The highest BCUT2D eigenvalue weighted by molar-refractivity contribution is 7.10. The molecule has 1 aliphatic carbocycles. The highest BCUT2D eigenvalue weighted by Gasteiger charge is 2.44. The number of rotatable bonds is 7. The molecule has 5 rings (SSSR count). The Balaban J connectivity index is 1.23. The summed E-state index contributed by atoms with van der Waals surface area (Å²) >= 11 is 1.31. The summed E-state index contributed by atoms with van der Waals surface area (Å²) in [5, 5.41) is 14.4. The highest BCUT2D eigenvalue weighted by Crippen LogP contribution is 2.50. The first-order chi connectivity index (χ1) is 19.0. The maximum atomic E-state index is 14.8. The van der Waals surface area contributed by atoms with Crippen molar-refractivity contribution in [2.75, 3.05) is 13.1 Å². The second-order valence-corrected chi connectivity index (χ2v) is 10.8. The second-order valence-electron chi connectivity index (χ2n) is 9.84. The molecule has 8 nitrogen and oxygen atoms in total. The molecule has 0 bridgehead atoms. The summed E-state index contributed by atoms with van der Waals surface area (Å²) in [7, 11) is 0. The summed E-state index contributed by atoms with van der Waals surface area (Å²) < 4.78 is 43.9. The van der Waals surface area contributed by atoms with Gasteiger partial charge in [0.15, 0.2) is 0 Å². The Bertz CT molecular complexity index is 1520. The number of halogens is 3. The molecule has 5 N–H and O–H groups in total. The average molecular weight is 570 g/mol. The molecule has 0 radical (unpaired) electrons. The fraction of sp³-hybridized carbons (Fsp3) is 0.286. The van der Waals surface area contributed by atoms with Crippen molar-refractivity contribution < 1.29 is 27.6 Å². The molecular formula is C28H26F3N5O3S. The number of nitrogens with one attached hydrogen (secondary N) is 3. The van der Waals surface area contributed by atoms with Gasteiger partial charge in [-0.05, 0) is 36.2 Å². The van der Waals surface area contributed by atoms with E-state index in [4.69, 9.17) is 11.1 Å². The summed E-state index contributed by atoms with van der Waals surface area (Å²) in [6, 6.07) is 10.1. The van der Waals surface area contributed by atoms with Crippen LogP contribution in [0.3, 0.4) is 0 Å². The van der Waals surface area contributed by atoms with Crippen LogP contribution in [0.25, 0.3) is 11.1 Å². The van der Waals surface area contributed by atoms with Crippen molar-refractivity contribution in [1.82, 2.24) is 15.5 Å². The normalized spacial score (nSPS) is 19.4. The van der Waals surface area contributed by atoms with Crippen LogP contribution in [-0.4, -0.2) is 53.8 Å². The van der Waals surface area contributed by atoms with E-state index in [1.165, 1.54) is 41.7 Å². The number of nitrogens with two attached hydrogens (primary N) is 1. The molecule has 12 heteroatoms. The minimum atomic E-state index is -3.18. The Labute approximate surface area is 231 Å². The van der Waals surface area contributed by atoms with Gasteiger partial charge in [-0.1, -0.05) is 30.3 Å². The van der Waals surface area contributed by atoms with Gasteiger partial charge in [0, 0.05) is 38.9 Å². The summed E-state index contributed by atoms with van der Waals surface area (Å²) in [4.78, 5) is 40.6. The Kier molecular flexibility index (Phi) is 7.13. The van der Waals surface area contributed by atoms with Gasteiger partial charge in [-0.15, -0.1) is 11.3 Å². The molecule has 0 saturated carbocycles. The minimum absolute atomic E-state index is 0.0906. The number of carbonyl (C=O) groups excluding carboxylic acids is 3. The Morgan fingerprint density at radius 1 is 1.12 bits per heavy atom. The third-order valence-electron chi connectivity index (χ3n) is 7.17. The van der Waals surface area contributed by atoms with Crippen LogP contribution in [0.2, 0.25) is 0 Å². The van der Waals surface area contributed by atoms with Crippen LogP contribution in [0.1, 0.15) is 51.3 Å². The number of carbonyl (C=O) groups is 3. The third kappa shape index (κ3) is 4.94. The maximum absolute atomic E-state index is 14.8. The van der Waals surface area contributed by atoms with Gasteiger partial charge in [0.05, 0.1) is 19.1 Å². The Morgan fingerprint density at radius 3 is 2.58 bits per heavy atom. The molecule has 2 heterocycles. The molecule has 1 saturated heterocycles. The van der Waals surface area contributed by atoms with E-state index >= 15 is 0 Å². The zero-order valence-electron chi connectivity index (χ0n) is 21.3. The Morgan fingerprint density at radius 2 is 1.85 bits per heavy atom. The van der Waals surface area contributed by atoms with E-state index in [9.17, 15) is 27.6 Å². The lowest BCUT2D eigenvalue weighted by atomic mass is 10.0. The molecule has 2 aromatic carbocycles. The average Bonchev–Trinajstić information content (AvgIpc) is 3.63. The number of fused-ring (bicyclic) bond motifs is 3. The van der Waals surface area contributed by atoms with Gasteiger partial charge >= 0.3 is 0 Å². The van der Waals surface area contributed by atoms with Crippen molar-refractivity contribution in [2.24, 2.45) is 5.73 Å². The number of likely N-dealkylation sites (tertiary alicyclic amines) is 1. The summed E-state index contributed by atoms with van der Waals surface area (Å²) in [6.45, 7) is 0.938. The maximum Gasteiger partial charge on any atom is 0.299 e. The zero-order valence-corrected chi connectivity index (χ0v) is 22.2. The van der Waals surface area contributed by atoms with E-state index in [1.54, 1.807) is 30.5 Å². The van der Waals surface area contributed by atoms with Crippen LogP contribution in [0.15, 0.2) is 53.9 Å². The molecule has 2 aliphatic rings. The number of hydrogen-bond donors (Lipinski definition) is 4. The quantitative estimate of drug-likeness (QED) is 0.256. The number of nitrogen functional groups attached to an aromatic ring is 1. The van der Waals surface area contributed by atoms with Crippen molar-refractivity contribution in [3.8, 4) is 11.1 Å². The van der Waals surface area contributed by atoms with Crippen molar-refractivity contribution in [3.05, 3.63) is 81.0 Å². The lowest BCUT2D eigenvalue weighted by Gasteiger charge is -2.25. The number of amides is 3. The van der Waals surface area contributed by atoms with Crippen LogP contribution in [0.5, 0.6) is 0 Å². The van der Waals surface area contributed by atoms with E-state index < -0.39 is 48.4 Å². The monoisotopic (exact) mass is 569 g/mol. The lowest BCUT2D eigenvalue weighted by Crippen LogP contribution is -2.49.